The average molecular weight is 182 g/mol. The molecule has 1 aliphatic heterocycles. The summed E-state index contributed by atoms with van der Waals surface area (Å²) in [6.07, 6.45) is 1.79. The van der Waals surface area contributed by atoms with E-state index in [1.165, 1.54) is 6.08 Å². The van der Waals surface area contributed by atoms with Gasteiger partial charge in [-0.2, -0.15) is 0 Å². The number of rotatable bonds is 2. The molecule has 0 saturated carbocycles. The lowest BCUT2D eigenvalue weighted by Gasteiger charge is -2.23. The average Bonchev–Trinajstić information content (AvgIpc) is 2.09. The maximum Gasteiger partial charge on any atom is 0.267 e. The molecule has 4 heteroatoms. The summed E-state index contributed by atoms with van der Waals surface area (Å²) < 4.78 is 0. The summed E-state index contributed by atoms with van der Waals surface area (Å²) in [5.74, 6) is -0.229. The van der Waals surface area contributed by atoms with Gasteiger partial charge in [0, 0.05) is 25.1 Å². The topological polar surface area (TPSA) is 58.2 Å². The number of carbonyl (C=O) groups is 2. The molecule has 1 saturated heterocycles. The van der Waals surface area contributed by atoms with Crippen molar-refractivity contribution in [1.29, 1.82) is 0 Å². The van der Waals surface area contributed by atoms with Crippen LogP contribution in [0.5, 0.6) is 0 Å². The Hall–Kier alpha value is -1.32. The maximum atomic E-state index is 11.3. The van der Waals surface area contributed by atoms with Gasteiger partial charge in [0.25, 0.3) is 5.91 Å². The molecule has 1 amide bonds. The molecule has 1 rings (SSSR count). The first-order valence-electron chi connectivity index (χ1n) is 4.42. The highest BCUT2D eigenvalue weighted by Gasteiger charge is 2.18. The lowest BCUT2D eigenvalue weighted by molar-refractivity contribution is -0.120. The molecule has 1 atom stereocenters. The van der Waals surface area contributed by atoms with Gasteiger partial charge < -0.3 is 10.6 Å². The van der Waals surface area contributed by atoms with Crippen molar-refractivity contribution < 1.29 is 9.59 Å². The fourth-order valence-electron chi connectivity index (χ4n) is 1.08. The van der Waals surface area contributed by atoms with Crippen LogP contribution >= 0.6 is 0 Å². The van der Waals surface area contributed by atoms with Crippen molar-refractivity contribution in [3.8, 4) is 0 Å². The van der Waals surface area contributed by atoms with Crippen molar-refractivity contribution >= 4 is 11.7 Å². The molecular weight excluding hydrogens is 168 g/mol. The van der Waals surface area contributed by atoms with Crippen molar-refractivity contribution in [2.75, 3.05) is 6.54 Å². The van der Waals surface area contributed by atoms with Gasteiger partial charge in [0.05, 0.1) is 0 Å². The largest absolute Gasteiger partial charge is 0.378 e. The zero-order valence-corrected chi connectivity index (χ0v) is 7.89. The molecule has 1 fully saturated rings. The second-order valence-electron chi connectivity index (χ2n) is 3.13. The van der Waals surface area contributed by atoms with Crippen LogP contribution in [0.15, 0.2) is 11.8 Å². The molecule has 4 nitrogen and oxygen atoms in total. The van der Waals surface area contributed by atoms with Gasteiger partial charge in [-0.25, -0.2) is 0 Å². The van der Waals surface area contributed by atoms with Crippen LogP contribution in [0.4, 0.5) is 0 Å². The molecule has 0 aromatic heterocycles. The first-order valence-corrected chi connectivity index (χ1v) is 4.42. The molecule has 0 aliphatic carbocycles. The summed E-state index contributed by atoms with van der Waals surface area (Å²) in [7, 11) is 0. The number of hydrogen-bond acceptors (Lipinski definition) is 3. The Morgan fingerprint density at radius 3 is 2.92 bits per heavy atom. The van der Waals surface area contributed by atoms with Crippen LogP contribution in [-0.2, 0) is 9.59 Å². The van der Waals surface area contributed by atoms with Crippen molar-refractivity contribution in [2.24, 2.45) is 0 Å². The summed E-state index contributed by atoms with van der Waals surface area (Å²) in [5, 5.41) is 5.65. The van der Waals surface area contributed by atoms with Gasteiger partial charge in [-0.3, -0.25) is 9.59 Å². The molecule has 0 aromatic carbocycles. The predicted octanol–water partition coefficient (Wildman–Crippen LogP) is -0.0427. The van der Waals surface area contributed by atoms with Gasteiger partial charge in [0.15, 0.2) is 5.78 Å². The van der Waals surface area contributed by atoms with E-state index in [0.717, 1.165) is 0 Å². The van der Waals surface area contributed by atoms with Gasteiger partial charge in [-0.05, 0) is 6.92 Å². The molecule has 2 N–H and O–H groups in total. The Labute approximate surface area is 77.4 Å². The Bertz CT molecular complexity index is 258. The van der Waals surface area contributed by atoms with Gasteiger partial charge in [0.1, 0.15) is 5.70 Å². The zero-order chi connectivity index (χ0) is 9.84. The van der Waals surface area contributed by atoms with E-state index < -0.39 is 0 Å². The monoisotopic (exact) mass is 182 g/mol. The van der Waals surface area contributed by atoms with E-state index in [0.29, 0.717) is 18.7 Å². The molecule has 72 valence electrons. The van der Waals surface area contributed by atoms with E-state index in [2.05, 4.69) is 10.6 Å². The maximum absolute atomic E-state index is 11.3. The van der Waals surface area contributed by atoms with Crippen molar-refractivity contribution in [2.45, 2.75) is 26.3 Å². The predicted molar refractivity (Wildman–Crippen MR) is 49.0 cm³/mol. The number of nitrogens with one attached hydrogen (secondary N) is 2. The third-order valence-corrected chi connectivity index (χ3v) is 1.87. The number of piperazine rings is 1. The lowest BCUT2D eigenvalue weighted by Crippen LogP contribution is -2.49. The number of allylic oxidation sites excluding steroid dienone is 1. The molecule has 0 spiro atoms. The van der Waals surface area contributed by atoms with Crippen LogP contribution in [0.25, 0.3) is 0 Å². The fourth-order valence-corrected chi connectivity index (χ4v) is 1.08. The van der Waals surface area contributed by atoms with Crippen molar-refractivity contribution in [1.82, 2.24) is 10.6 Å². The second kappa shape index (κ2) is 4.07. The molecular formula is C9H14N2O2. The van der Waals surface area contributed by atoms with Gasteiger partial charge >= 0.3 is 0 Å². The number of hydrogen-bond donors (Lipinski definition) is 2. The van der Waals surface area contributed by atoms with Gasteiger partial charge in [-0.1, -0.05) is 6.92 Å². The van der Waals surface area contributed by atoms with Crippen molar-refractivity contribution in [3.05, 3.63) is 11.8 Å². The number of amides is 1. The minimum absolute atomic E-state index is 0.0350. The number of ketones is 1. The van der Waals surface area contributed by atoms with Gasteiger partial charge in [-0.15, -0.1) is 0 Å². The zero-order valence-electron chi connectivity index (χ0n) is 7.89. The van der Waals surface area contributed by atoms with Crippen LogP contribution in [0.3, 0.4) is 0 Å². The summed E-state index contributed by atoms with van der Waals surface area (Å²) in [6.45, 7) is 4.35. The molecule has 1 aliphatic rings. The quantitative estimate of drug-likeness (QED) is 0.589. The fraction of sp³-hybridized carbons (Fsp3) is 0.556. The normalized spacial score (nSPS) is 25.2. The van der Waals surface area contributed by atoms with Crippen LogP contribution in [0.1, 0.15) is 20.3 Å². The Kier molecular flexibility index (Phi) is 3.06. The standard InChI is InChI=1S/C9H14N2O2/c1-3-7(12)4-8-9(13)11-6(2)5-10-8/h4,6,10H,3,5H2,1-2H3,(H,11,13). The molecule has 1 heterocycles. The van der Waals surface area contributed by atoms with E-state index in [4.69, 9.17) is 0 Å². The van der Waals surface area contributed by atoms with Crippen LogP contribution < -0.4 is 10.6 Å². The Balaban J connectivity index is 2.66. The molecule has 0 radical (unpaired) electrons. The molecule has 1 unspecified atom stereocenters. The third-order valence-electron chi connectivity index (χ3n) is 1.87. The summed E-state index contributed by atoms with van der Waals surface area (Å²) in [6, 6.07) is 0.126. The van der Waals surface area contributed by atoms with Crippen LogP contribution in [-0.4, -0.2) is 24.3 Å². The summed E-state index contributed by atoms with van der Waals surface area (Å²) >= 11 is 0. The molecule has 0 aromatic rings. The van der Waals surface area contributed by atoms with E-state index in [1.54, 1.807) is 6.92 Å². The molecule has 0 bridgehead atoms. The highest BCUT2D eigenvalue weighted by molar-refractivity contribution is 6.01. The van der Waals surface area contributed by atoms with Crippen molar-refractivity contribution in [3.63, 3.8) is 0 Å². The molecule has 13 heavy (non-hydrogen) atoms. The van der Waals surface area contributed by atoms with E-state index in [-0.39, 0.29) is 17.7 Å². The first kappa shape index (κ1) is 9.77. The second-order valence-corrected chi connectivity index (χ2v) is 3.13. The smallest absolute Gasteiger partial charge is 0.267 e. The van der Waals surface area contributed by atoms with Crippen LogP contribution in [0.2, 0.25) is 0 Å². The minimum atomic E-state index is -0.194. The lowest BCUT2D eigenvalue weighted by atomic mass is 10.2. The Morgan fingerprint density at radius 2 is 2.38 bits per heavy atom. The highest BCUT2D eigenvalue weighted by Crippen LogP contribution is 1.99. The third kappa shape index (κ3) is 2.57. The van der Waals surface area contributed by atoms with E-state index in [1.807, 2.05) is 6.92 Å². The first-order chi connectivity index (χ1) is 6.13. The highest BCUT2D eigenvalue weighted by atomic mass is 16.2. The van der Waals surface area contributed by atoms with E-state index in [9.17, 15) is 9.59 Å². The Morgan fingerprint density at radius 1 is 1.69 bits per heavy atom. The minimum Gasteiger partial charge on any atom is -0.378 e. The van der Waals surface area contributed by atoms with Gasteiger partial charge in [0.2, 0.25) is 0 Å². The SMILES string of the molecule is CCC(=O)C=C1NCC(C)NC1=O. The number of carbonyl (C=O) groups excluding carboxylic acids is 2. The van der Waals surface area contributed by atoms with E-state index >= 15 is 0 Å². The summed E-state index contributed by atoms with van der Waals surface area (Å²) in [5.41, 5.74) is 0.380. The summed E-state index contributed by atoms with van der Waals surface area (Å²) in [4.78, 5) is 22.3. The van der Waals surface area contributed by atoms with Crippen LogP contribution in [0, 0.1) is 0 Å².